The third-order valence-corrected chi connectivity index (χ3v) is 4.41. The first-order valence-corrected chi connectivity index (χ1v) is 9.46. The van der Waals surface area contributed by atoms with E-state index in [1.165, 1.54) is 17.1 Å². The van der Waals surface area contributed by atoms with Gasteiger partial charge >= 0.3 is 6.03 Å². The van der Waals surface area contributed by atoms with Crippen LogP contribution in [0, 0.1) is 5.82 Å². The number of anilines is 1. The van der Waals surface area contributed by atoms with Gasteiger partial charge < -0.3 is 15.4 Å². The molecule has 0 spiro atoms. The number of nitrogens with one attached hydrogen (secondary N) is 2. The number of ether oxygens (including phenoxy) is 1. The van der Waals surface area contributed by atoms with Gasteiger partial charge in [0.1, 0.15) is 17.9 Å². The number of rotatable bonds is 6. The number of carbonyl (C=O) groups excluding carboxylic acids is 1. The number of halogens is 4. The third kappa shape index (κ3) is 5.15. The maximum atomic E-state index is 14.2. The maximum absolute atomic E-state index is 14.2. The van der Waals surface area contributed by atoms with Crippen molar-refractivity contribution in [2.75, 3.05) is 5.32 Å². The van der Waals surface area contributed by atoms with Gasteiger partial charge in [0.2, 0.25) is 5.22 Å². The molecule has 0 bridgehead atoms. The summed E-state index contributed by atoms with van der Waals surface area (Å²) in [5.41, 5.74) is 0.779. The lowest BCUT2D eigenvalue weighted by Crippen LogP contribution is -2.33. The van der Waals surface area contributed by atoms with Gasteiger partial charge in [-0.2, -0.15) is 9.78 Å². The summed E-state index contributed by atoms with van der Waals surface area (Å²) < 4.78 is 20.7. The molecule has 0 fully saturated rings. The van der Waals surface area contributed by atoms with Crippen LogP contribution in [0.2, 0.25) is 5.02 Å². The third-order valence-electron chi connectivity index (χ3n) is 3.61. The number of amides is 2. The van der Waals surface area contributed by atoms with Crippen molar-refractivity contribution in [3.8, 4) is 11.7 Å². The van der Waals surface area contributed by atoms with Crippen molar-refractivity contribution in [3.05, 3.63) is 64.3 Å². The van der Waals surface area contributed by atoms with Crippen LogP contribution in [0.15, 0.2) is 47.7 Å². The van der Waals surface area contributed by atoms with Gasteiger partial charge in [-0.3, -0.25) is 0 Å². The highest BCUT2D eigenvalue weighted by molar-refractivity contribution is 6.36. The first-order chi connectivity index (χ1) is 14.4. The van der Waals surface area contributed by atoms with E-state index in [2.05, 4.69) is 30.7 Å². The van der Waals surface area contributed by atoms with Crippen LogP contribution in [0.3, 0.4) is 0 Å². The second-order valence-electron chi connectivity index (χ2n) is 5.68. The summed E-state index contributed by atoms with van der Waals surface area (Å²) in [6, 6.07) is 2.47. The molecule has 0 aliphatic carbocycles. The van der Waals surface area contributed by atoms with Gasteiger partial charge in [-0.15, -0.1) is 0 Å². The molecule has 3 rings (SSSR count). The zero-order valence-corrected chi connectivity index (χ0v) is 17.5. The van der Waals surface area contributed by atoms with Gasteiger partial charge in [-0.25, -0.2) is 24.1 Å². The van der Waals surface area contributed by atoms with E-state index in [0.29, 0.717) is 5.82 Å². The predicted molar refractivity (Wildman–Crippen MR) is 109 cm³/mol. The fourth-order valence-corrected chi connectivity index (χ4v) is 2.67. The smallest absolute Gasteiger partial charge is 0.319 e. The van der Waals surface area contributed by atoms with E-state index in [1.54, 1.807) is 25.4 Å². The largest absolute Gasteiger partial charge is 0.443 e. The van der Waals surface area contributed by atoms with Crippen LogP contribution in [0.25, 0.3) is 5.95 Å². The Bertz CT molecular complexity index is 1080. The fraction of sp³-hybridized carbons (Fsp3) is 0.118. The van der Waals surface area contributed by atoms with Crippen LogP contribution in [-0.4, -0.2) is 30.8 Å². The van der Waals surface area contributed by atoms with Gasteiger partial charge in [-0.05, 0) is 30.7 Å². The zero-order valence-electron chi connectivity index (χ0n) is 15.2. The zero-order chi connectivity index (χ0) is 21.7. The Labute approximate surface area is 184 Å². The second kappa shape index (κ2) is 9.70. The van der Waals surface area contributed by atoms with Gasteiger partial charge in [0.15, 0.2) is 5.82 Å². The van der Waals surface area contributed by atoms with E-state index in [9.17, 15) is 9.18 Å². The molecule has 156 valence electrons. The molecule has 1 atom stereocenters. The lowest BCUT2D eigenvalue weighted by Gasteiger charge is -2.15. The topological polar surface area (TPSA) is 107 Å². The highest BCUT2D eigenvalue weighted by Gasteiger charge is 2.19. The second-order valence-corrected chi connectivity index (χ2v) is 6.67. The van der Waals surface area contributed by atoms with E-state index in [0.717, 1.165) is 11.6 Å². The Morgan fingerprint density at radius 1 is 1.30 bits per heavy atom. The van der Waals surface area contributed by atoms with Gasteiger partial charge in [0.05, 0.1) is 22.3 Å². The molecule has 1 aromatic carbocycles. The maximum Gasteiger partial charge on any atom is 0.319 e. The quantitative estimate of drug-likeness (QED) is 0.515. The molecule has 0 radical (unpaired) electrons. The normalized spacial score (nSPS) is 12.4. The van der Waals surface area contributed by atoms with Crippen LogP contribution in [0.4, 0.5) is 14.9 Å². The van der Waals surface area contributed by atoms with Crippen LogP contribution < -0.4 is 15.4 Å². The van der Waals surface area contributed by atoms with E-state index in [4.69, 9.17) is 39.5 Å². The summed E-state index contributed by atoms with van der Waals surface area (Å²) in [5, 5.41) is 8.82. The minimum absolute atomic E-state index is 0.00397. The SMILES string of the molecule is C[C@H](NC(=O)Nc1cc(O/C(Cl)=C/Cl)c(Cl)cc1F)c1ncnn1-c1ncccn1. The summed E-state index contributed by atoms with van der Waals surface area (Å²) in [4.78, 5) is 24.7. The molecule has 0 aliphatic heterocycles. The first-order valence-electron chi connectivity index (χ1n) is 8.26. The molecule has 0 aliphatic rings. The lowest BCUT2D eigenvalue weighted by atomic mass is 10.2. The Kier molecular flexibility index (Phi) is 7.03. The highest BCUT2D eigenvalue weighted by Crippen LogP contribution is 2.32. The number of aromatic nitrogens is 5. The summed E-state index contributed by atoms with van der Waals surface area (Å²) in [5.74, 6) is -0.115. The summed E-state index contributed by atoms with van der Waals surface area (Å²) in [6.07, 6.45) is 4.40. The standard InChI is InChI=1S/C17H13Cl3FN7O2/c1-9(15-24-8-25-28(15)16-22-3-2-4-23-16)26-17(29)27-12-6-13(30-14(20)7-18)10(19)5-11(12)21/h2-9H,1H3,(H2,26,27,29)/b14-7+/t9-/m0/s1. The van der Waals surface area contributed by atoms with E-state index in [-0.39, 0.29) is 27.6 Å². The van der Waals surface area contributed by atoms with Crippen molar-refractivity contribution < 1.29 is 13.9 Å². The van der Waals surface area contributed by atoms with Crippen molar-refractivity contribution in [2.24, 2.45) is 0 Å². The van der Waals surface area contributed by atoms with Gasteiger partial charge in [0, 0.05) is 18.5 Å². The van der Waals surface area contributed by atoms with E-state index in [1.807, 2.05) is 0 Å². The van der Waals surface area contributed by atoms with Gasteiger partial charge in [0.25, 0.3) is 5.95 Å². The lowest BCUT2D eigenvalue weighted by molar-refractivity contribution is 0.248. The Morgan fingerprint density at radius 2 is 2.03 bits per heavy atom. The Hall–Kier alpha value is -2.95. The summed E-state index contributed by atoms with van der Waals surface area (Å²) >= 11 is 17.0. The number of hydrogen-bond acceptors (Lipinski definition) is 6. The molecule has 9 nitrogen and oxygen atoms in total. The highest BCUT2D eigenvalue weighted by atomic mass is 35.5. The molecule has 13 heteroatoms. The van der Waals surface area contributed by atoms with Crippen molar-refractivity contribution in [1.82, 2.24) is 30.0 Å². The number of nitrogens with zero attached hydrogens (tertiary/aromatic N) is 5. The van der Waals surface area contributed by atoms with E-state index >= 15 is 0 Å². The number of benzene rings is 1. The van der Waals surface area contributed by atoms with Gasteiger partial charge in [-0.1, -0.05) is 23.2 Å². The minimum atomic E-state index is -0.776. The molecule has 2 amide bonds. The monoisotopic (exact) mass is 471 g/mol. The van der Waals surface area contributed by atoms with E-state index < -0.39 is 17.9 Å². The van der Waals surface area contributed by atoms with Crippen LogP contribution in [-0.2, 0) is 0 Å². The summed E-state index contributed by atoms with van der Waals surface area (Å²) in [6.45, 7) is 1.67. The minimum Gasteiger partial charge on any atom is -0.443 e. The molecule has 0 saturated carbocycles. The molecule has 2 heterocycles. The predicted octanol–water partition coefficient (Wildman–Crippen LogP) is 4.39. The molecule has 0 unspecified atom stereocenters. The molecule has 2 aromatic heterocycles. The number of hydrogen-bond donors (Lipinski definition) is 2. The molecule has 30 heavy (non-hydrogen) atoms. The average Bonchev–Trinajstić information content (AvgIpc) is 3.22. The van der Waals surface area contributed by atoms with Crippen molar-refractivity contribution in [1.29, 1.82) is 0 Å². The first kappa shape index (κ1) is 21.8. The number of carbonyl (C=O) groups is 1. The van der Waals surface area contributed by atoms with Crippen molar-refractivity contribution >= 4 is 46.5 Å². The molecule has 0 saturated heterocycles. The Balaban J connectivity index is 1.74. The van der Waals surface area contributed by atoms with Crippen LogP contribution in [0.1, 0.15) is 18.8 Å². The molecular formula is C17H13Cl3FN7O2. The fourth-order valence-electron chi connectivity index (χ4n) is 2.35. The Morgan fingerprint density at radius 3 is 2.73 bits per heavy atom. The van der Waals surface area contributed by atoms with Crippen LogP contribution in [0.5, 0.6) is 5.75 Å². The molecule has 2 N–H and O–H groups in total. The molecular weight excluding hydrogens is 460 g/mol. The average molecular weight is 473 g/mol. The van der Waals surface area contributed by atoms with Crippen molar-refractivity contribution in [3.63, 3.8) is 0 Å². The van der Waals surface area contributed by atoms with Crippen molar-refractivity contribution in [2.45, 2.75) is 13.0 Å². The van der Waals surface area contributed by atoms with Crippen LogP contribution >= 0.6 is 34.8 Å². The number of urea groups is 1. The molecule has 3 aromatic rings. The summed E-state index contributed by atoms with van der Waals surface area (Å²) in [7, 11) is 0.